The highest BCUT2D eigenvalue weighted by Gasteiger charge is 2.26. The number of hydrogen-bond acceptors (Lipinski definition) is 1. The fourth-order valence-corrected chi connectivity index (χ4v) is 2.79. The Bertz CT molecular complexity index is 239. The Kier molecular flexibility index (Phi) is 3.38. The summed E-state index contributed by atoms with van der Waals surface area (Å²) in [6.07, 6.45) is 9.12. The van der Waals surface area contributed by atoms with E-state index in [1.54, 1.807) is 0 Å². The molecule has 0 radical (unpaired) electrons. The van der Waals surface area contributed by atoms with Crippen molar-refractivity contribution < 1.29 is 4.43 Å². The first-order chi connectivity index (χ1) is 6.35. The molecule has 2 heteroatoms. The van der Waals surface area contributed by atoms with Crippen molar-refractivity contribution in [1.82, 2.24) is 0 Å². The van der Waals surface area contributed by atoms with Crippen LogP contribution >= 0.6 is 0 Å². The van der Waals surface area contributed by atoms with E-state index in [4.69, 9.17) is 4.43 Å². The van der Waals surface area contributed by atoms with E-state index in [0.29, 0.717) is 6.10 Å². The van der Waals surface area contributed by atoms with E-state index in [1.807, 2.05) is 6.08 Å². The standard InChI is InChI=1S/C12H22OSi/c1-6-12(2)9-7-11(8-10-12)13-14(3,4)5/h6-7,9,11H,1,8,10H2,2-5H3/t11-,12?/m0/s1. The van der Waals surface area contributed by atoms with Crippen molar-refractivity contribution in [1.29, 1.82) is 0 Å². The van der Waals surface area contributed by atoms with Crippen molar-refractivity contribution in [2.24, 2.45) is 5.41 Å². The third-order valence-electron chi connectivity index (χ3n) is 2.63. The number of rotatable bonds is 3. The van der Waals surface area contributed by atoms with Gasteiger partial charge in [0.2, 0.25) is 0 Å². The van der Waals surface area contributed by atoms with Gasteiger partial charge in [-0.15, -0.1) is 6.58 Å². The van der Waals surface area contributed by atoms with Crippen molar-refractivity contribution in [3.8, 4) is 0 Å². The summed E-state index contributed by atoms with van der Waals surface area (Å²) in [6.45, 7) is 12.8. The highest BCUT2D eigenvalue weighted by Crippen LogP contribution is 2.33. The third-order valence-corrected chi connectivity index (χ3v) is 3.64. The lowest BCUT2D eigenvalue weighted by atomic mass is 9.80. The Morgan fingerprint density at radius 1 is 1.50 bits per heavy atom. The zero-order chi connectivity index (χ0) is 10.8. The van der Waals surface area contributed by atoms with E-state index in [9.17, 15) is 0 Å². The van der Waals surface area contributed by atoms with Gasteiger partial charge in [-0.1, -0.05) is 25.2 Å². The molecular formula is C12H22OSi. The van der Waals surface area contributed by atoms with Crippen LogP contribution in [0.2, 0.25) is 19.6 Å². The van der Waals surface area contributed by atoms with Gasteiger partial charge >= 0.3 is 0 Å². The Morgan fingerprint density at radius 2 is 2.14 bits per heavy atom. The molecule has 0 N–H and O–H groups in total. The molecule has 0 heterocycles. The van der Waals surface area contributed by atoms with Crippen molar-refractivity contribution in [3.05, 3.63) is 24.8 Å². The molecule has 0 saturated carbocycles. The predicted octanol–water partition coefficient (Wildman–Crippen LogP) is 3.75. The summed E-state index contributed by atoms with van der Waals surface area (Å²) < 4.78 is 6.03. The molecule has 0 fully saturated rings. The highest BCUT2D eigenvalue weighted by atomic mass is 28.4. The van der Waals surface area contributed by atoms with E-state index in [2.05, 4.69) is 45.3 Å². The summed E-state index contributed by atoms with van der Waals surface area (Å²) in [6, 6.07) is 0. The normalized spacial score (nSPS) is 33.0. The minimum atomic E-state index is -1.38. The summed E-state index contributed by atoms with van der Waals surface area (Å²) in [4.78, 5) is 0. The Hall–Kier alpha value is -0.343. The van der Waals surface area contributed by atoms with Crippen LogP contribution in [0, 0.1) is 5.41 Å². The zero-order valence-corrected chi connectivity index (χ0v) is 10.8. The van der Waals surface area contributed by atoms with Crippen LogP contribution in [0.5, 0.6) is 0 Å². The fraction of sp³-hybridized carbons (Fsp3) is 0.667. The van der Waals surface area contributed by atoms with Gasteiger partial charge in [0, 0.05) is 5.41 Å². The molecule has 1 aliphatic carbocycles. The maximum Gasteiger partial charge on any atom is 0.184 e. The van der Waals surface area contributed by atoms with Gasteiger partial charge in [-0.2, -0.15) is 0 Å². The lowest BCUT2D eigenvalue weighted by Gasteiger charge is -2.32. The van der Waals surface area contributed by atoms with Crippen molar-refractivity contribution in [2.75, 3.05) is 0 Å². The molecule has 0 spiro atoms. The fourth-order valence-electron chi connectivity index (χ4n) is 1.68. The highest BCUT2D eigenvalue weighted by molar-refractivity contribution is 6.69. The van der Waals surface area contributed by atoms with Gasteiger partial charge in [-0.3, -0.25) is 0 Å². The van der Waals surface area contributed by atoms with E-state index in [0.717, 1.165) is 12.8 Å². The van der Waals surface area contributed by atoms with Crippen LogP contribution in [-0.4, -0.2) is 14.4 Å². The molecular weight excluding hydrogens is 188 g/mol. The second kappa shape index (κ2) is 4.03. The van der Waals surface area contributed by atoms with E-state index in [-0.39, 0.29) is 5.41 Å². The smallest absolute Gasteiger partial charge is 0.184 e. The lowest BCUT2D eigenvalue weighted by molar-refractivity contribution is 0.203. The van der Waals surface area contributed by atoms with Crippen LogP contribution in [0.15, 0.2) is 24.8 Å². The molecule has 80 valence electrons. The quantitative estimate of drug-likeness (QED) is 0.509. The number of allylic oxidation sites excluding steroid dienone is 2. The van der Waals surface area contributed by atoms with Crippen LogP contribution in [0.3, 0.4) is 0 Å². The topological polar surface area (TPSA) is 9.23 Å². The molecule has 1 unspecified atom stereocenters. The minimum absolute atomic E-state index is 0.194. The molecule has 1 rings (SSSR count). The molecule has 1 nitrogen and oxygen atoms in total. The van der Waals surface area contributed by atoms with Crippen molar-refractivity contribution >= 4 is 8.32 Å². The third kappa shape index (κ3) is 3.43. The predicted molar refractivity (Wildman–Crippen MR) is 64.9 cm³/mol. The summed E-state index contributed by atoms with van der Waals surface area (Å²) >= 11 is 0. The van der Waals surface area contributed by atoms with Gasteiger partial charge in [0.15, 0.2) is 8.32 Å². The molecule has 0 aromatic rings. The molecule has 1 aliphatic rings. The summed E-state index contributed by atoms with van der Waals surface area (Å²) in [5, 5.41) is 0. The monoisotopic (exact) mass is 210 g/mol. The Balaban J connectivity index is 2.56. The van der Waals surface area contributed by atoms with E-state index in [1.165, 1.54) is 0 Å². The second-order valence-electron chi connectivity index (χ2n) is 5.38. The summed E-state index contributed by atoms with van der Waals surface area (Å²) in [5.41, 5.74) is 0.194. The maximum absolute atomic E-state index is 6.03. The summed E-state index contributed by atoms with van der Waals surface area (Å²) in [5.74, 6) is 0. The molecule has 0 saturated heterocycles. The van der Waals surface area contributed by atoms with Crippen LogP contribution in [0.4, 0.5) is 0 Å². The van der Waals surface area contributed by atoms with Crippen LogP contribution in [0.1, 0.15) is 19.8 Å². The molecule has 14 heavy (non-hydrogen) atoms. The van der Waals surface area contributed by atoms with Crippen LogP contribution in [0.25, 0.3) is 0 Å². The Morgan fingerprint density at radius 3 is 2.50 bits per heavy atom. The van der Waals surface area contributed by atoms with Gasteiger partial charge < -0.3 is 4.43 Å². The first-order valence-corrected chi connectivity index (χ1v) is 8.76. The molecule has 0 amide bonds. The zero-order valence-electron chi connectivity index (χ0n) is 9.84. The lowest BCUT2D eigenvalue weighted by Crippen LogP contribution is -2.33. The SMILES string of the molecule is C=CC1(C)C=C[C@H](O[Si](C)(C)C)CC1. The van der Waals surface area contributed by atoms with Gasteiger partial charge in [-0.25, -0.2) is 0 Å². The van der Waals surface area contributed by atoms with Crippen molar-refractivity contribution in [2.45, 2.75) is 45.5 Å². The average molecular weight is 210 g/mol. The summed E-state index contributed by atoms with van der Waals surface area (Å²) in [7, 11) is -1.38. The Labute approximate surface area is 89.0 Å². The van der Waals surface area contributed by atoms with Crippen LogP contribution in [-0.2, 0) is 4.43 Å². The molecule has 0 bridgehead atoms. The molecule has 0 aliphatic heterocycles. The number of hydrogen-bond donors (Lipinski definition) is 0. The average Bonchev–Trinajstić information content (AvgIpc) is 2.07. The van der Waals surface area contributed by atoms with Crippen LogP contribution < -0.4 is 0 Å². The first kappa shape index (κ1) is 11.7. The van der Waals surface area contributed by atoms with Gasteiger partial charge in [-0.05, 0) is 32.5 Å². The molecule has 0 aromatic heterocycles. The maximum atomic E-state index is 6.03. The first-order valence-electron chi connectivity index (χ1n) is 5.35. The van der Waals surface area contributed by atoms with Gasteiger partial charge in [0.1, 0.15) is 0 Å². The van der Waals surface area contributed by atoms with E-state index >= 15 is 0 Å². The second-order valence-corrected chi connectivity index (χ2v) is 9.84. The van der Waals surface area contributed by atoms with Crippen molar-refractivity contribution in [3.63, 3.8) is 0 Å². The minimum Gasteiger partial charge on any atom is -0.411 e. The molecule has 0 aromatic carbocycles. The largest absolute Gasteiger partial charge is 0.411 e. The van der Waals surface area contributed by atoms with E-state index < -0.39 is 8.32 Å². The van der Waals surface area contributed by atoms with Gasteiger partial charge in [0.25, 0.3) is 0 Å². The molecule has 2 atom stereocenters. The van der Waals surface area contributed by atoms with Gasteiger partial charge in [0.05, 0.1) is 6.10 Å².